The lowest BCUT2D eigenvalue weighted by atomic mass is 9.94. The molecule has 0 spiro atoms. The molecule has 0 aromatic heterocycles. The van der Waals surface area contributed by atoms with Crippen LogP contribution in [0.1, 0.15) is 30.0 Å². The van der Waals surface area contributed by atoms with E-state index >= 15 is 0 Å². The van der Waals surface area contributed by atoms with E-state index < -0.39 is 0 Å². The van der Waals surface area contributed by atoms with Gasteiger partial charge in [-0.3, -0.25) is 5.01 Å². The van der Waals surface area contributed by atoms with E-state index in [9.17, 15) is 0 Å². The van der Waals surface area contributed by atoms with Crippen molar-refractivity contribution in [2.24, 2.45) is 11.0 Å². The third-order valence-corrected chi connectivity index (χ3v) is 4.90. The number of hydrogen-bond acceptors (Lipinski definition) is 4. The van der Waals surface area contributed by atoms with Gasteiger partial charge in [0.15, 0.2) is 0 Å². The van der Waals surface area contributed by atoms with E-state index in [1.54, 1.807) is 13.2 Å². The number of benzene rings is 1. The Hall–Kier alpha value is -1.57. The Morgan fingerprint density at radius 3 is 2.90 bits per heavy atom. The number of rotatable bonds is 2. The number of hydrazone groups is 1. The van der Waals surface area contributed by atoms with Crippen LogP contribution < -0.4 is 0 Å². The second-order valence-corrected chi connectivity index (χ2v) is 6.26. The number of nitrogens with zero attached hydrogens (tertiary/aromatic N) is 3. The molecule has 1 aromatic carbocycles. The highest BCUT2D eigenvalue weighted by Crippen LogP contribution is 2.35. The lowest BCUT2D eigenvalue weighted by Crippen LogP contribution is -2.35. The van der Waals surface area contributed by atoms with Gasteiger partial charge in [-0.2, -0.15) is 10.4 Å². The number of halogens is 1. The molecular weight excluding hydrogens is 286 g/mol. The molecule has 2 heterocycles. The van der Waals surface area contributed by atoms with Gasteiger partial charge in [-0.25, -0.2) is 0 Å². The van der Waals surface area contributed by atoms with Crippen LogP contribution >= 0.6 is 11.6 Å². The molecule has 21 heavy (non-hydrogen) atoms. The molecule has 3 rings (SSSR count). The fourth-order valence-electron chi connectivity index (χ4n) is 3.36. The van der Waals surface area contributed by atoms with Crippen molar-refractivity contribution < 1.29 is 4.74 Å². The van der Waals surface area contributed by atoms with Crippen molar-refractivity contribution >= 4 is 17.3 Å². The molecule has 2 aliphatic heterocycles. The van der Waals surface area contributed by atoms with Crippen LogP contribution in [0.25, 0.3) is 0 Å². The van der Waals surface area contributed by atoms with Gasteiger partial charge in [-0.1, -0.05) is 24.6 Å². The van der Waals surface area contributed by atoms with Crippen molar-refractivity contribution in [3.05, 3.63) is 33.8 Å². The van der Waals surface area contributed by atoms with Gasteiger partial charge >= 0.3 is 0 Å². The minimum Gasteiger partial charge on any atom is -0.373 e. The molecule has 0 saturated carbocycles. The topological polar surface area (TPSA) is 48.6 Å². The first-order chi connectivity index (χ1) is 10.1. The predicted molar refractivity (Wildman–Crippen MR) is 82.5 cm³/mol. The van der Waals surface area contributed by atoms with E-state index in [1.165, 1.54) is 0 Å². The quantitative estimate of drug-likeness (QED) is 0.844. The standard InChI is InChI=1S/C16H18ClN3O/c1-9-6-13-16(21-3)15(19-20(13)8-9)12-5-4-11(7-18)14(17)10(12)2/h4-5,9,13,16H,6,8H2,1-3H3/t9-,13-,16-/m0/s1. The lowest BCUT2D eigenvalue weighted by molar-refractivity contribution is 0.0986. The van der Waals surface area contributed by atoms with E-state index in [1.807, 2.05) is 13.0 Å². The van der Waals surface area contributed by atoms with Crippen LogP contribution in [0, 0.1) is 24.2 Å². The van der Waals surface area contributed by atoms with E-state index in [0.29, 0.717) is 22.5 Å². The van der Waals surface area contributed by atoms with Crippen molar-refractivity contribution in [2.75, 3.05) is 13.7 Å². The fourth-order valence-corrected chi connectivity index (χ4v) is 3.57. The Labute approximate surface area is 130 Å². The Balaban J connectivity index is 2.03. The SMILES string of the molecule is CO[C@@H]1C(c2ccc(C#N)c(Cl)c2C)=NN2C[C@@H](C)C[C@@H]12. The minimum atomic E-state index is -0.0300. The van der Waals surface area contributed by atoms with E-state index in [4.69, 9.17) is 26.7 Å². The second-order valence-electron chi connectivity index (χ2n) is 5.88. The summed E-state index contributed by atoms with van der Waals surface area (Å²) in [6.07, 6.45) is 1.06. The molecule has 0 unspecified atom stereocenters. The molecule has 3 atom stereocenters. The Morgan fingerprint density at radius 2 is 2.24 bits per heavy atom. The first kappa shape index (κ1) is 14.4. The van der Waals surface area contributed by atoms with Crippen molar-refractivity contribution in [1.29, 1.82) is 5.26 Å². The number of hydrogen-bond donors (Lipinski definition) is 0. The largest absolute Gasteiger partial charge is 0.373 e. The average molecular weight is 304 g/mol. The molecule has 1 saturated heterocycles. The minimum absolute atomic E-state index is 0.0300. The fraction of sp³-hybridized carbons (Fsp3) is 0.500. The van der Waals surface area contributed by atoms with Gasteiger partial charge in [-0.15, -0.1) is 0 Å². The summed E-state index contributed by atoms with van der Waals surface area (Å²) >= 11 is 6.28. The van der Waals surface area contributed by atoms with Crippen LogP contribution in [0.2, 0.25) is 5.02 Å². The summed E-state index contributed by atoms with van der Waals surface area (Å²) < 4.78 is 5.71. The zero-order valence-electron chi connectivity index (χ0n) is 12.4. The maximum absolute atomic E-state index is 9.06. The third kappa shape index (κ3) is 2.21. The Morgan fingerprint density at radius 1 is 1.48 bits per heavy atom. The molecule has 110 valence electrons. The number of nitriles is 1. The van der Waals surface area contributed by atoms with Crippen LogP contribution in [0.15, 0.2) is 17.2 Å². The monoisotopic (exact) mass is 303 g/mol. The first-order valence-corrected chi connectivity index (χ1v) is 7.52. The molecule has 0 radical (unpaired) electrons. The van der Waals surface area contributed by atoms with Crippen LogP contribution in [0.5, 0.6) is 0 Å². The summed E-state index contributed by atoms with van der Waals surface area (Å²) in [5.41, 5.74) is 3.30. The zero-order valence-corrected chi connectivity index (χ0v) is 13.2. The second kappa shape index (κ2) is 5.32. The van der Waals surface area contributed by atoms with Gasteiger partial charge in [0, 0.05) is 19.2 Å². The molecule has 1 aromatic rings. The van der Waals surface area contributed by atoms with Crippen LogP contribution in [0.3, 0.4) is 0 Å². The van der Waals surface area contributed by atoms with Gasteiger partial charge in [0.05, 0.1) is 22.3 Å². The van der Waals surface area contributed by atoms with E-state index in [-0.39, 0.29) is 6.10 Å². The predicted octanol–water partition coefficient (Wildman–Crippen LogP) is 2.96. The summed E-state index contributed by atoms with van der Waals surface area (Å²) in [4.78, 5) is 0. The number of ether oxygens (including phenoxy) is 1. The molecule has 0 aliphatic carbocycles. The molecule has 4 nitrogen and oxygen atoms in total. The van der Waals surface area contributed by atoms with Crippen LogP contribution in [0.4, 0.5) is 0 Å². The van der Waals surface area contributed by atoms with Crippen molar-refractivity contribution in [3.63, 3.8) is 0 Å². The van der Waals surface area contributed by atoms with Gasteiger partial charge in [-0.05, 0) is 30.9 Å². The Bertz CT molecular complexity index is 650. The number of fused-ring (bicyclic) bond motifs is 1. The van der Waals surface area contributed by atoms with E-state index in [2.05, 4.69) is 18.0 Å². The number of methoxy groups -OCH3 is 1. The molecule has 5 heteroatoms. The van der Waals surface area contributed by atoms with Crippen molar-refractivity contribution in [1.82, 2.24) is 5.01 Å². The molecular formula is C16H18ClN3O. The maximum atomic E-state index is 9.06. The van der Waals surface area contributed by atoms with Crippen LogP contribution in [-0.4, -0.2) is 36.5 Å². The lowest BCUT2D eigenvalue weighted by Gasteiger charge is -2.20. The third-order valence-electron chi connectivity index (χ3n) is 4.42. The normalized spacial score (nSPS) is 27.5. The molecule has 0 bridgehead atoms. The molecule has 2 aliphatic rings. The summed E-state index contributed by atoms with van der Waals surface area (Å²) in [7, 11) is 1.73. The molecule has 0 N–H and O–H groups in total. The smallest absolute Gasteiger partial charge is 0.123 e. The maximum Gasteiger partial charge on any atom is 0.123 e. The summed E-state index contributed by atoms with van der Waals surface area (Å²) in [6, 6.07) is 6.11. The van der Waals surface area contributed by atoms with Gasteiger partial charge in [0.1, 0.15) is 12.2 Å². The van der Waals surface area contributed by atoms with Gasteiger partial charge < -0.3 is 4.74 Å². The van der Waals surface area contributed by atoms with Crippen LogP contribution in [-0.2, 0) is 4.74 Å². The highest BCUT2D eigenvalue weighted by Gasteiger charge is 2.43. The van der Waals surface area contributed by atoms with Gasteiger partial charge in [0.2, 0.25) is 0 Å². The highest BCUT2D eigenvalue weighted by atomic mass is 35.5. The Kier molecular flexibility index (Phi) is 3.64. The van der Waals surface area contributed by atoms with Crippen molar-refractivity contribution in [3.8, 4) is 6.07 Å². The zero-order chi connectivity index (χ0) is 15.1. The first-order valence-electron chi connectivity index (χ1n) is 7.14. The summed E-state index contributed by atoms with van der Waals surface area (Å²) in [5, 5.41) is 16.5. The molecule has 0 amide bonds. The molecule has 1 fully saturated rings. The van der Waals surface area contributed by atoms with E-state index in [0.717, 1.165) is 29.8 Å². The highest BCUT2D eigenvalue weighted by molar-refractivity contribution is 6.33. The average Bonchev–Trinajstić information content (AvgIpc) is 2.97. The summed E-state index contributed by atoms with van der Waals surface area (Å²) in [5.74, 6) is 0.642. The summed E-state index contributed by atoms with van der Waals surface area (Å²) in [6.45, 7) is 5.14. The van der Waals surface area contributed by atoms with Crippen molar-refractivity contribution in [2.45, 2.75) is 32.4 Å². The van der Waals surface area contributed by atoms with Gasteiger partial charge in [0.25, 0.3) is 0 Å².